The Bertz CT molecular complexity index is 705. The fraction of sp³-hybridized carbons (Fsp3) is 0.926. The minimum Gasteiger partial charge on any atom is -0.393 e. The van der Waals surface area contributed by atoms with E-state index in [1.54, 1.807) is 0 Å². The molecule has 0 aromatic carbocycles. The Kier molecular flexibility index (Phi) is 6.35. The Labute approximate surface area is 189 Å². The van der Waals surface area contributed by atoms with Gasteiger partial charge in [-0.05, 0) is 105 Å². The Balaban J connectivity index is 1.48. The molecule has 4 rings (SSSR count). The lowest BCUT2D eigenvalue weighted by atomic mass is 9.44. The van der Waals surface area contributed by atoms with E-state index in [1.165, 1.54) is 25.7 Å². The highest BCUT2D eigenvalue weighted by atomic mass is 16.3. The first-order chi connectivity index (χ1) is 14.6. The summed E-state index contributed by atoms with van der Waals surface area (Å²) in [7, 11) is 0. The minimum atomic E-state index is -0.246. The number of aliphatic hydroxyl groups is 1. The van der Waals surface area contributed by atoms with Crippen LogP contribution in [-0.2, 0) is 9.59 Å². The van der Waals surface area contributed by atoms with Crippen LogP contribution >= 0.6 is 0 Å². The first-order valence-corrected chi connectivity index (χ1v) is 13.1. The fourth-order valence-electron chi connectivity index (χ4n) is 8.94. The maximum absolute atomic E-state index is 12.2. The lowest BCUT2D eigenvalue weighted by molar-refractivity contribution is -0.168. The number of amides is 1. The molecule has 31 heavy (non-hydrogen) atoms. The van der Waals surface area contributed by atoms with Gasteiger partial charge in [0.05, 0.1) is 6.10 Å². The van der Waals surface area contributed by atoms with Crippen molar-refractivity contribution in [3.05, 3.63) is 0 Å². The Hall–Kier alpha value is -0.900. The van der Waals surface area contributed by atoms with Gasteiger partial charge in [0.25, 0.3) is 0 Å². The molecule has 4 fully saturated rings. The number of hydrogen-bond donors (Lipinski definition) is 2. The van der Waals surface area contributed by atoms with Gasteiger partial charge in [-0.15, -0.1) is 0 Å². The normalized spacial score (nSPS) is 45.6. The molecule has 4 aliphatic carbocycles. The van der Waals surface area contributed by atoms with Crippen molar-refractivity contribution in [2.45, 2.75) is 111 Å². The Morgan fingerprint density at radius 2 is 1.81 bits per heavy atom. The van der Waals surface area contributed by atoms with Crippen molar-refractivity contribution in [1.82, 2.24) is 5.32 Å². The van der Waals surface area contributed by atoms with Crippen molar-refractivity contribution in [3.8, 4) is 0 Å². The van der Waals surface area contributed by atoms with Gasteiger partial charge in [-0.1, -0.05) is 20.8 Å². The second-order valence-corrected chi connectivity index (χ2v) is 12.5. The minimum absolute atomic E-state index is 0.179. The van der Waals surface area contributed by atoms with Crippen LogP contribution in [0.2, 0.25) is 0 Å². The maximum Gasteiger partial charge on any atom is 0.220 e. The van der Waals surface area contributed by atoms with Crippen molar-refractivity contribution in [2.24, 2.45) is 46.3 Å². The highest BCUT2D eigenvalue weighted by molar-refractivity contribution is 5.79. The SMILES string of the molecule is CC(C)NC(=O)CC[C@@H](C)C1CCC2C3C(CC[C@@]21C)[C@@]1(C)CCC(=O)CC1C[C@@H]3O. The van der Waals surface area contributed by atoms with Gasteiger partial charge in [-0.3, -0.25) is 9.59 Å². The van der Waals surface area contributed by atoms with Crippen LogP contribution in [0.4, 0.5) is 0 Å². The molecular weight excluding hydrogens is 386 g/mol. The second-order valence-electron chi connectivity index (χ2n) is 12.5. The van der Waals surface area contributed by atoms with Crippen molar-refractivity contribution in [3.63, 3.8) is 0 Å². The van der Waals surface area contributed by atoms with Gasteiger partial charge in [0.15, 0.2) is 0 Å². The number of aliphatic hydroxyl groups excluding tert-OH is 1. The van der Waals surface area contributed by atoms with Gasteiger partial charge in [-0.2, -0.15) is 0 Å². The van der Waals surface area contributed by atoms with Crippen LogP contribution in [0.25, 0.3) is 0 Å². The molecule has 176 valence electrons. The van der Waals surface area contributed by atoms with E-state index in [-0.39, 0.29) is 28.9 Å². The fourth-order valence-corrected chi connectivity index (χ4v) is 8.94. The predicted octanol–water partition coefficient (Wildman–Crippen LogP) is 5.13. The molecule has 0 aliphatic heterocycles. The highest BCUT2D eigenvalue weighted by Crippen LogP contribution is 2.68. The van der Waals surface area contributed by atoms with E-state index in [4.69, 9.17) is 0 Å². The first-order valence-electron chi connectivity index (χ1n) is 13.1. The van der Waals surface area contributed by atoms with Crippen LogP contribution in [-0.4, -0.2) is 28.9 Å². The number of carbonyl (C=O) groups is 2. The molecule has 5 unspecified atom stereocenters. The number of fused-ring (bicyclic) bond motifs is 5. The molecule has 0 heterocycles. The number of rotatable bonds is 5. The Morgan fingerprint density at radius 3 is 2.52 bits per heavy atom. The summed E-state index contributed by atoms with van der Waals surface area (Å²) >= 11 is 0. The van der Waals surface area contributed by atoms with Gasteiger partial charge in [0.1, 0.15) is 5.78 Å². The molecule has 4 nitrogen and oxygen atoms in total. The molecule has 4 heteroatoms. The van der Waals surface area contributed by atoms with Gasteiger partial charge in [-0.25, -0.2) is 0 Å². The summed E-state index contributed by atoms with van der Waals surface area (Å²) in [5.41, 5.74) is 0.515. The molecule has 2 N–H and O–H groups in total. The van der Waals surface area contributed by atoms with Crippen LogP contribution < -0.4 is 5.32 Å². The average Bonchev–Trinajstić information content (AvgIpc) is 3.04. The summed E-state index contributed by atoms with van der Waals surface area (Å²) in [5, 5.41) is 14.4. The summed E-state index contributed by atoms with van der Waals surface area (Å²) in [6.45, 7) is 11.3. The third-order valence-corrected chi connectivity index (χ3v) is 10.5. The van der Waals surface area contributed by atoms with Crippen LogP contribution in [0.1, 0.15) is 98.8 Å². The standard InChI is InChI=1S/C27H45NO3/c1-16(2)28-24(31)9-6-17(3)20-7-8-21-25-22(11-13-27(20,21)5)26(4)12-10-19(29)14-18(26)15-23(25)30/h16-18,20-23,25,30H,6-15H2,1-5H3,(H,28,31)/t17-,18?,20?,21?,22?,23+,25?,26+,27-/m1/s1. The van der Waals surface area contributed by atoms with E-state index in [9.17, 15) is 14.7 Å². The van der Waals surface area contributed by atoms with Gasteiger partial charge < -0.3 is 10.4 Å². The van der Waals surface area contributed by atoms with Crippen molar-refractivity contribution in [2.75, 3.05) is 0 Å². The molecular formula is C27H45NO3. The van der Waals surface area contributed by atoms with Gasteiger partial charge in [0.2, 0.25) is 5.91 Å². The quantitative estimate of drug-likeness (QED) is 0.634. The zero-order chi connectivity index (χ0) is 22.6. The van der Waals surface area contributed by atoms with E-state index in [0.29, 0.717) is 54.1 Å². The number of carbonyl (C=O) groups excluding carboxylic acids is 2. The number of hydrogen-bond acceptors (Lipinski definition) is 3. The maximum atomic E-state index is 12.2. The summed E-state index contributed by atoms with van der Waals surface area (Å²) in [6.07, 6.45) is 9.53. The van der Waals surface area contributed by atoms with Crippen LogP contribution in [0.5, 0.6) is 0 Å². The lowest BCUT2D eigenvalue weighted by Crippen LogP contribution is -2.58. The molecule has 0 aromatic rings. The zero-order valence-corrected chi connectivity index (χ0v) is 20.5. The third kappa shape index (κ3) is 4.00. The molecule has 0 aromatic heterocycles. The number of ketones is 1. The van der Waals surface area contributed by atoms with Crippen molar-refractivity contribution in [1.29, 1.82) is 0 Å². The third-order valence-electron chi connectivity index (χ3n) is 10.5. The highest BCUT2D eigenvalue weighted by Gasteiger charge is 2.62. The van der Waals surface area contributed by atoms with Crippen LogP contribution in [0.3, 0.4) is 0 Å². The zero-order valence-electron chi connectivity index (χ0n) is 20.5. The topological polar surface area (TPSA) is 66.4 Å². The van der Waals surface area contributed by atoms with E-state index < -0.39 is 0 Å². The van der Waals surface area contributed by atoms with Gasteiger partial charge in [0, 0.05) is 25.3 Å². The summed E-state index contributed by atoms with van der Waals surface area (Å²) in [6, 6.07) is 0.208. The van der Waals surface area contributed by atoms with E-state index in [2.05, 4.69) is 26.1 Å². The largest absolute Gasteiger partial charge is 0.393 e. The molecule has 0 spiro atoms. The molecule has 4 aliphatic rings. The van der Waals surface area contributed by atoms with E-state index in [0.717, 1.165) is 25.7 Å². The first kappa shape index (κ1) is 23.3. The average molecular weight is 432 g/mol. The second kappa shape index (κ2) is 8.47. The summed E-state index contributed by atoms with van der Waals surface area (Å²) in [4.78, 5) is 24.3. The number of Topliss-reactive ketones (excluding diaryl/α,β-unsaturated/α-hetero) is 1. The molecule has 0 radical (unpaired) electrons. The predicted molar refractivity (Wildman–Crippen MR) is 123 cm³/mol. The van der Waals surface area contributed by atoms with E-state index in [1.807, 2.05) is 13.8 Å². The summed E-state index contributed by atoms with van der Waals surface area (Å²) < 4.78 is 0. The molecule has 9 atom stereocenters. The number of nitrogens with one attached hydrogen (secondary N) is 1. The lowest BCUT2D eigenvalue weighted by Gasteiger charge is -2.62. The summed E-state index contributed by atoms with van der Waals surface area (Å²) in [5.74, 6) is 3.71. The molecule has 0 bridgehead atoms. The van der Waals surface area contributed by atoms with Crippen molar-refractivity contribution < 1.29 is 14.7 Å². The molecule has 4 saturated carbocycles. The molecule has 1 amide bonds. The van der Waals surface area contributed by atoms with E-state index >= 15 is 0 Å². The monoisotopic (exact) mass is 431 g/mol. The Morgan fingerprint density at radius 1 is 1.10 bits per heavy atom. The van der Waals surface area contributed by atoms with Crippen LogP contribution in [0, 0.1) is 46.3 Å². The van der Waals surface area contributed by atoms with Crippen molar-refractivity contribution >= 4 is 11.7 Å². The van der Waals surface area contributed by atoms with Gasteiger partial charge >= 0.3 is 0 Å². The van der Waals surface area contributed by atoms with Crippen LogP contribution in [0.15, 0.2) is 0 Å². The smallest absolute Gasteiger partial charge is 0.220 e. The molecule has 0 saturated heterocycles.